The van der Waals surface area contributed by atoms with Crippen molar-refractivity contribution in [2.45, 2.75) is 45.4 Å². The third-order valence-corrected chi connectivity index (χ3v) is 7.14. The fraction of sp³-hybridized carbons (Fsp3) is 0.345. The van der Waals surface area contributed by atoms with Gasteiger partial charge in [-0.1, -0.05) is 18.2 Å². The van der Waals surface area contributed by atoms with E-state index in [1.807, 2.05) is 74.9 Å². The SMILES string of the molecule is Cn1c(C(=O)OC(C)(C)C)cnc1CN1CCC(n2c(=O)n(-c3cnc4ccccc4c3)c3cccnc32)C1. The van der Waals surface area contributed by atoms with Crippen LogP contribution >= 0.6 is 0 Å². The first-order valence-corrected chi connectivity index (χ1v) is 13.1. The van der Waals surface area contributed by atoms with E-state index < -0.39 is 11.6 Å². The van der Waals surface area contributed by atoms with Crippen molar-refractivity contribution in [1.82, 2.24) is 33.6 Å². The highest BCUT2D eigenvalue weighted by Crippen LogP contribution is 2.27. The standard InChI is InChI=1S/C29H31N7O3/c1-29(2,3)39-27(37)24-16-32-25(33(24)4)18-34-13-11-20(17-34)36-26-23(10-7-12-30-26)35(28(36)38)21-14-19-8-5-6-9-22(19)31-15-21/h5-10,12,14-16,20H,11,13,17-18H2,1-4H3. The Kier molecular flexibility index (Phi) is 6.06. The van der Waals surface area contributed by atoms with E-state index in [-0.39, 0.29) is 11.7 Å². The first-order chi connectivity index (χ1) is 18.7. The molecule has 0 radical (unpaired) electrons. The van der Waals surface area contributed by atoms with Gasteiger partial charge in [0, 0.05) is 31.7 Å². The second-order valence-corrected chi connectivity index (χ2v) is 11.0. The molecule has 1 aliphatic heterocycles. The molecule has 0 amide bonds. The van der Waals surface area contributed by atoms with Crippen LogP contribution in [0.2, 0.25) is 0 Å². The average Bonchev–Trinajstić information content (AvgIpc) is 3.58. The van der Waals surface area contributed by atoms with Crippen LogP contribution in [-0.4, -0.2) is 58.2 Å². The van der Waals surface area contributed by atoms with Gasteiger partial charge in [-0.05, 0) is 51.5 Å². The van der Waals surface area contributed by atoms with Crippen molar-refractivity contribution in [2.75, 3.05) is 13.1 Å². The molecule has 39 heavy (non-hydrogen) atoms. The lowest BCUT2D eigenvalue weighted by molar-refractivity contribution is 0.00584. The van der Waals surface area contributed by atoms with Gasteiger partial charge >= 0.3 is 11.7 Å². The summed E-state index contributed by atoms with van der Waals surface area (Å²) < 4.78 is 10.8. The van der Waals surface area contributed by atoms with E-state index in [1.165, 1.54) is 0 Å². The zero-order valence-corrected chi connectivity index (χ0v) is 22.5. The monoisotopic (exact) mass is 525 g/mol. The van der Waals surface area contributed by atoms with E-state index in [0.717, 1.165) is 35.2 Å². The highest BCUT2D eigenvalue weighted by Gasteiger charge is 2.30. The molecule has 0 bridgehead atoms. The summed E-state index contributed by atoms with van der Waals surface area (Å²) in [7, 11) is 1.83. The molecule has 1 saturated heterocycles. The zero-order valence-electron chi connectivity index (χ0n) is 22.5. The van der Waals surface area contributed by atoms with Crippen molar-refractivity contribution < 1.29 is 9.53 Å². The Hall–Kier alpha value is -4.31. The number of carbonyl (C=O) groups is 1. The number of benzene rings is 1. The van der Waals surface area contributed by atoms with Crippen LogP contribution in [0.5, 0.6) is 0 Å². The molecule has 1 atom stereocenters. The average molecular weight is 526 g/mol. The number of nitrogens with zero attached hydrogens (tertiary/aromatic N) is 7. The summed E-state index contributed by atoms with van der Waals surface area (Å²) in [6, 6.07) is 13.6. The van der Waals surface area contributed by atoms with Crippen LogP contribution in [0.15, 0.2) is 65.8 Å². The van der Waals surface area contributed by atoms with E-state index in [1.54, 1.807) is 27.7 Å². The van der Waals surface area contributed by atoms with E-state index in [0.29, 0.717) is 30.1 Å². The van der Waals surface area contributed by atoms with Gasteiger partial charge in [0.1, 0.15) is 17.1 Å². The number of para-hydroxylation sites is 1. The minimum Gasteiger partial charge on any atom is -0.455 e. The van der Waals surface area contributed by atoms with Gasteiger partial charge < -0.3 is 9.30 Å². The summed E-state index contributed by atoms with van der Waals surface area (Å²) in [6.45, 7) is 7.55. The number of carbonyl (C=O) groups excluding carboxylic acids is 1. The lowest BCUT2D eigenvalue weighted by atomic mass is 10.2. The Morgan fingerprint density at radius 2 is 1.90 bits per heavy atom. The number of hydrogen-bond donors (Lipinski definition) is 0. The van der Waals surface area contributed by atoms with Crippen LogP contribution in [0.1, 0.15) is 49.5 Å². The molecule has 0 saturated carbocycles. The van der Waals surface area contributed by atoms with Crippen LogP contribution in [0.4, 0.5) is 0 Å². The predicted octanol–water partition coefficient (Wildman–Crippen LogP) is 3.87. The fourth-order valence-corrected chi connectivity index (χ4v) is 5.29. The summed E-state index contributed by atoms with van der Waals surface area (Å²) >= 11 is 0. The molecule has 5 heterocycles. The van der Waals surface area contributed by atoms with Gasteiger partial charge in [0.2, 0.25) is 0 Å². The maximum absolute atomic E-state index is 13.9. The molecule has 10 heteroatoms. The number of rotatable bonds is 5. The van der Waals surface area contributed by atoms with Crippen molar-refractivity contribution in [3.05, 3.63) is 83.1 Å². The summed E-state index contributed by atoms with van der Waals surface area (Å²) in [4.78, 5) is 42.4. The third kappa shape index (κ3) is 4.61. The molecule has 200 valence electrons. The molecule has 0 spiro atoms. The van der Waals surface area contributed by atoms with E-state index >= 15 is 0 Å². The highest BCUT2D eigenvalue weighted by atomic mass is 16.6. The van der Waals surface area contributed by atoms with Gasteiger partial charge in [0.25, 0.3) is 0 Å². The molecule has 5 aromatic rings. The predicted molar refractivity (Wildman–Crippen MR) is 148 cm³/mol. The van der Waals surface area contributed by atoms with Crippen LogP contribution in [0.25, 0.3) is 27.8 Å². The molecular weight excluding hydrogens is 494 g/mol. The highest BCUT2D eigenvalue weighted by molar-refractivity contribution is 5.87. The normalized spacial score (nSPS) is 16.4. The van der Waals surface area contributed by atoms with Crippen LogP contribution < -0.4 is 5.69 Å². The van der Waals surface area contributed by atoms with E-state index in [2.05, 4.69) is 19.9 Å². The Bertz CT molecular complexity index is 1760. The quantitative estimate of drug-likeness (QED) is 0.321. The summed E-state index contributed by atoms with van der Waals surface area (Å²) in [5, 5.41) is 0.972. The Balaban J connectivity index is 1.28. The van der Waals surface area contributed by atoms with Gasteiger partial charge in [-0.3, -0.25) is 19.0 Å². The van der Waals surface area contributed by atoms with Gasteiger partial charge in [-0.15, -0.1) is 0 Å². The second-order valence-electron chi connectivity index (χ2n) is 11.0. The number of ether oxygens (including phenoxy) is 1. The number of aromatic nitrogens is 6. The molecule has 6 rings (SSSR count). The largest absolute Gasteiger partial charge is 0.455 e. The number of fused-ring (bicyclic) bond motifs is 2. The lowest BCUT2D eigenvalue weighted by Gasteiger charge is -2.20. The fourth-order valence-electron chi connectivity index (χ4n) is 5.29. The Morgan fingerprint density at radius 1 is 1.08 bits per heavy atom. The maximum Gasteiger partial charge on any atom is 0.357 e. The molecule has 1 aliphatic rings. The molecule has 1 fully saturated rings. The van der Waals surface area contributed by atoms with E-state index in [9.17, 15) is 9.59 Å². The molecular formula is C29H31N7O3. The zero-order chi connectivity index (χ0) is 27.3. The molecule has 1 unspecified atom stereocenters. The van der Waals surface area contributed by atoms with Gasteiger partial charge in [0.05, 0.1) is 41.7 Å². The topological polar surface area (TPSA) is 100 Å². The van der Waals surface area contributed by atoms with Crippen LogP contribution in [0, 0.1) is 0 Å². The summed E-state index contributed by atoms with van der Waals surface area (Å²) in [6.07, 6.45) is 5.83. The molecule has 4 aromatic heterocycles. The Labute approximate surface area is 225 Å². The lowest BCUT2D eigenvalue weighted by Crippen LogP contribution is -2.29. The van der Waals surface area contributed by atoms with Crippen molar-refractivity contribution in [3.63, 3.8) is 0 Å². The second kappa shape index (κ2) is 9.46. The van der Waals surface area contributed by atoms with Crippen molar-refractivity contribution in [3.8, 4) is 5.69 Å². The third-order valence-electron chi connectivity index (χ3n) is 7.14. The number of esters is 1. The van der Waals surface area contributed by atoms with Crippen molar-refractivity contribution >= 4 is 28.0 Å². The molecule has 0 aliphatic carbocycles. The molecule has 0 N–H and O–H groups in total. The van der Waals surface area contributed by atoms with E-state index in [4.69, 9.17) is 4.74 Å². The van der Waals surface area contributed by atoms with Crippen LogP contribution in [-0.2, 0) is 18.3 Å². The smallest absolute Gasteiger partial charge is 0.357 e. The number of pyridine rings is 2. The van der Waals surface area contributed by atoms with Crippen LogP contribution in [0.3, 0.4) is 0 Å². The number of likely N-dealkylation sites (tertiary alicyclic amines) is 1. The molecule has 10 nitrogen and oxygen atoms in total. The first kappa shape index (κ1) is 25.0. The van der Waals surface area contributed by atoms with Gasteiger partial charge in [-0.25, -0.2) is 19.6 Å². The van der Waals surface area contributed by atoms with Crippen molar-refractivity contribution in [1.29, 1.82) is 0 Å². The summed E-state index contributed by atoms with van der Waals surface area (Å²) in [5.74, 6) is 0.378. The minimum atomic E-state index is -0.576. The Morgan fingerprint density at radius 3 is 2.72 bits per heavy atom. The maximum atomic E-state index is 13.9. The first-order valence-electron chi connectivity index (χ1n) is 13.1. The molecule has 1 aromatic carbocycles. The minimum absolute atomic E-state index is 0.0461. The summed E-state index contributed by atoms with van der Waals surface area (Å²) in [5.41, 5.74) is 2.73. The number of imidazole rings is 2. The van der Waals surface area contributed by atoms with Crippen molar-refractivity contribution in [2.24, 2.45) is 7.05 Å². The van der Waals surface area contributed by atoms with Gasteiger partial charge in [-0.2, -0.15) is 0 Å². The number of hydrogen-bond acceptors (Lipinski definition) is 7. The van der Waals surface area contributed by atoms with Gasteiger partial charge in [0.15, 0.2) is 5.65 Å².